The molecular formula is C19H18Cl2O3. The molecule has 24 heavy (non-hydrogen) atoms. The van der Waals surface area contributed by atoms with Crippen LogP contribution < -0.4 is 4.74 Å². The summed E-state index contributed by atoms with van der Waals surface area (Å²) in [4.78, 5) is 24.7. The summed E-state index contributed by atoms with van der Waals surface area (Å²) in [5.41, 5.74) is 1.69. The van der Waals surface area contributed by atoms with Crippen LogP contribution in [0.1, 0.15) is 48.2 Å². The molecule has 0 aliphatic heterocycles. The molecule has 0 amide bonds. The van der Waals surface area contributed by atoms with E-state index in [-0.39, 0.29) is 23.9 Å². The molecule has 0 saturated carbocycles. The molecule has 0 unspecified atom stereocenters. The van der Waals surface area contributed by atoms with Crippen molar-refractivity contribution in [3.05, 3.63) is 63.1 Å². The summed E-state index contributed by atoms with van der Waals surface area (Å²) in [5, 5.41) is 0.978. The fourth-order valence-electron chi connectivity index (χ4n) is 2.37. The number of halogens is 2. The van der Waals surface area contributed by atoms with Crippen molar-refractivity contribution in [2.45, 2.75) is 33.1 Å². The first-order chi connectivity index (χ1) is 11.5. The normalized spacial score (nSPS) is 10.5. The molecule has 0 radical (unpaired) electrons. The van der Waals surface area contributed by atoms with Gasteiger partial charge in [-0.2, -0.15) is 0 Å². The zero-order valence-corrected chi connectivity index (χ0v) is 15.1. The molecule has 0 heterocycles. The molecule has 0 bridgehead atoms. The molecule has 5 heteroatoms. The Balaban J connectivity index is 2.44. The zero-order chi connectivity index (χ0) is 17.7. The van der Waals surface area contributed by atoms with Gasteiger partial charge in [0.05, 0.1) is 5.56 Å². The molecule has 0 aliphatic carbocycles. The largest absolute Gasteiger partial charge is 0.426 e. The van der Waals surface area contributed by atoms with Crippen LogP contribution in [0.5, 0.6) is 5.75 Å². The van der Waals surface area contributed by atoms with Crippen LogP contribution in [-0.4, -0.2) is 11.8 Å². The highest BCUT2D eigenvalue weighted by molar-refractivity contribution is 6.31. The van der Waals surface area contributed by atoms with E-state index in [0.717, 1.165) is 5.56 Å². The van der Waals surface area contributed by atoms with E-state index in [1.165, 1.54) is 6.07 Å². The summed E-state index contributed by atoms with van der Waals surface area (Å²) in [7, 11) is 0. The monoisotopic (exact) mass is 364 g/mol. The lowest BCUT2D eigenvalue weighted by molar-refractivity contribution is -0.134. The molecule has 126 valence electrons. The molecular weight excluding hydrogens is 347 g/mol. The first kappa shape index (κ1) is 18.5. The lowest BCUT2D eigenvalue weighted by atomic mass is 9.96. The standard InChI is InChI=1S/C19H18Cl2O3/c1-3-5-18(22)24-17-11-14(21)7-9-16(17)19(23)15-8-6-13(20)10-12(15)4-2/h6-11H,3-5H2,1-2H3. The van der Waals surface area contributed by atoms with Crippen molar-refractivity contribution in [1.82, 2.24) is 0 Å². The summed E-state index contributed by atoms with van der Waals surface area (Å²) in [6.45, 7) is 3.83. The summed E-state index contributed by atoms with van der Waals surface area (Å²) in [6.07, 6.45) is 1.61. The first-order valence-electron chi connectivity index (χ1n) is 7.79. The minimum absolute atomic E-state index is 0.183. The molecule has 0 aliphatic rings. The van der Waals surface area contributed by atoms with E-state index in [1.807, 2.05) is 13.8 Å². The molecule has 0 aromatic heterocycles. The second kappa shape index (κ2) is 8.32. The van der Waals surface area contributed by atoms with Gasteiger partial charge in [-0.25, -0.2) is 0 Å². The van der Waals surface area contributed by atoms with Crippen LogP contribution >= 0.6 is 23.2 Å². The molecule has 2 rings (SSSR count). The van der Waals surface area contributed by atoms with Crippen LogP contribution in [0.15, 0.2) is 36.4 Å². The molecule has 2 aromatic carbocycles. The lowest BCUT2D eigenvalue weighted by Gasteiger charge is -2.12. The van der Waals surface area contributed by atoms with Crippen molar-refractivity contribution in [1.29, 1.82) is 0 Å². The van der Waals surface area contributed by atoms with Crippen LogP contribution in [0.3, 0.4) is 0 Å². The van der Waals surface area contributed by atoms with E-state index in [4.69, 9.17) is 27.9 Å². The summed E-state index contributed by atoms with van der Waals surface area (Å²) < 4.78 is 5.34. The van der Waals surface area contributed by atoms with Gasteiger partial charge in [0.2, 0.25) is 0 Å². The minimum atomic E-state index is -0.388. The molecule has 2 aromatic rings. The number of benzene rings is 2. The van der Waals surface area contributed by atoms with E-state index >= 15 is 0 Å². The SMILES string of the molecule is CCCC(=O)Oc1cc(Cl)ccc1C(=O)c1ccc(Cl)cc1CC. The predicted molar refractivity (Wildman–Crippen MR) is 96.3 cm³/mol. The highest BCUT2D eigenvalue weighted by Crippen LogP contribution is 2.28. The average molecular weight is 365 g/mol. The third-order valence-corrected chi connectivity index (χ3v) is 4.03. The maximum atomic E-state index is 12.9. The molecule has 0 fully saturated rings. The van der Waals surface area contributed by atoms with E-state index in [1.54, 1.807) is 30.3 Å². The van der Waals surface area contributed by atoms with Gasteiger partial charge in [0.15, 0.2) is 5.78 Å². The molecule has 0 spiro atoms. The van der Waals surface area contributed by atoms with Gasteiger partial charge in [0.25, 0.3) is 0 Å². The van der Waals surface area contributed by atoms with Gasteiger partial charge in [-0.3, -0.25) is 9.59 Å². The quantitative estimate of drug-likeness (QED) is 0.386. The van der Waals surface area contributed by atoms with Crippen molar-refractivity contribution in [2.24, 2.45) is 0 Å². The third kappa shape index (κ3) is 4.37. The van der Waals surface area contributed by atoms with E-state index in [0.29, 0.717) is 34.0 Å². The van der Waals surface area contributed by atoms with Gasteiger partial charge in [-0.15, -0.1) is 0 Å². The Kier molecular flexibility index (Phi) is 6.41. The maximum Gasteiger partial charge on any atom is 0.311 e. The molecule has 0 N–H and O–H groups in total. The Morgan fingerprint density at radius 3 is 2.21 bits per heavy atom. The van der Waals surface area contributed by atoms with Gasteiger partial charge in [0, 0.05) is 28.1 Å². The second-order valence-electron chi connectivity index (χ2n) is 5.35. The Morgan fingerprint density at radius 1 is 0.958 bits per heavy atom. The molecule has 0 saturated heterocycles. The van der Waals surface area contributed by atoms with Crippen molar-refractivity contribution < 1.29 is 14.3 Å². The van der Waals surface area contributed by atoms with Crippen LogP contribution in [0.25, 0.3) is 0 Å². The molecule has 0 atom stereocenters. The summed E-state index contributed by atoms with van der Waals surface area (Å²) in [5.74, 6) is -0.428. The Labute approximate surface area is 151 Å². The molecule has 3 nitrogen and oxygen atoms in total. The number of esters is 1. The lowest BCUT2D eigenvalue weighted by Crippen LogP contribution is -2.12. The van der Waals surface area contributed by atoms with Crippen molar-refractivity contribution >= 4 is 35.0 Å². The highest BCUT2D eigenvalue weighted by Gasteiger charge is 2.19. The van der Waals surface area contributed by atoms with Crippen molar-refractivity contribution in [2.75, 3.05) is 0 Å². The van der Waals surface area contributed by atoms with Crippen LogP contribution in [0.4, 0.5) is 0 Å². The Bertz CT molecular complexity index is 769. The Morgan fingerprint density at radius 2 is 1.58 bits per heavy atom. The number of carbonyl (C=O) groups excluding carboxylic acids is 2. The average Bonchev–Trinajstić information content (AvgIpc) is 2.54. The Hall–Kier alpha value is -1.84. The second-order valence-corrected chi connectivity index (χ2v) is 6.22. The van der Waals surface area contributed by atoms with Gasteiger partial charge < -0.3 is 4.74 Å². The number of hydrogen-bond acceptors (Lipinski definition) is 3. The zero-order valence-electron chi connectivity index (χ0n) is 13.6. The number of carbonyl (C=O) groups is 2. The summed E-state index contributed by atoms with van der Waals surface area (Å²) >= 11 is 12.0. The fraction of sp³-hybridized carbons (Fsp3) is 0.263. The van der Waals surface area contributed by atoms with E-state index < -0.39 is 0 Å². The van der Waals surface area contributed by atoms with E-state index in [9.17, 15) is 9.59 Å². The number of hydrogen-bond donors (Lipinski definition) is 0. The highest BCUT2D eigenvalue weighted by atomic mass is 35.5. The number of rotatable bonds is 6. The third-order valence-electron chi connectivity index (χ3n) is 3.56. The number of ether oxygens (including phenoxy) is 1. The first-order valence-corrected chi connectivity index (χ1v) is 8.55. The van der Waals surface area contributed by atoms with Gasteiger partial charge >= 0.3 is 5.97 Å². The summed E-state index contributed by atoms with van der Waals surface area (Å²) in [6, 6.07) is 9.81. The van der Waals surface area contributed by atoms with Crippen LogP contribution in [0, 0.1) is 0 Å². The van der Waals surface area contributed by atoms with Crippen LogP contribution in [0.2, 0.25) is 10.0 Å². The maximum absolute atomic E-state index is 12.9. The smallest absolute Gasteiger partial charge is 0.311 e. The number of ketones is 1. The van der Waals surface area contributed by atoms with Crippen LogP contribution in [-0.2, 0) is 11.2 Å². The topological polar surface area (TPSA) is 43.4 Å². The van der Waals surface area contributed by atoms with Gasteiger partial charge in [-0.05, 0) is 48.7 Å². The minimum Gasteiger partial charge on any atom is -0.426 e. The number of aryl methyl sites for hydroxylation is 1. The van der Waals surface area contributed by atoms with Gasteiger partial charge in [0.1, 0.15) is 5.75 Å². The van der Waals surface area contributed by atoms with Gasteiger partial charge in [-0.1, -0.05) is 37.0 Å². The van der Waals surface area contributed by atoms with Crippen molar-refractivity contribution in [3.63, 3.8) is 0 Å². The van der Waals surface area contributed by atoms with E-state index in [2.05, 4.69) is 0 Å². The van der Waals surface area contributed by atoms with Crippen molar-refractivity contribution in [3.8, 4) is 5.75 Å². The predicted octanol–water partition coefficient (Wildman–Crippen LogP) is 5.49. The fourth-order valence-corrected chi connectivity index (χ4v) is 2.72.